The Morgan fingerprint density at radius 2 is 1.68 bits per heavy atom. The molecule has 1 heterocycles. The molecule has 1 unspecified atom stereocenters. The summed E-state index contributed by atoms with van der Waals surface area (Å²) < 4.78 is 1.73. The highest BCUT2D eigenvalue weighted by Crippen LogP contribution is 2.39. The van der Waals surface area contributed by atoms with E-state index < -0.39 is 0 Å². The first-order valence-corrected chi connectivity index (χ1v) is 10.5. The normalized spacial score (nSPS) is 11.9. The average molecular weight is 388 g/mol. The zero-order valence-corrected chi connectivity index (χ0v) is 16.0. The molecule has 0 bridgehead atoms. The molecule has 0 aliphatic rings. The van der Waals surface area contributed by atoms with Crippen molar-refractivity contribution in [3.05, 3.63) is 66.2 Å². The number of thioether (sulfide) groups is 2. The Balaban J connectivity index is 1.80. The second kappa shape index (κ2) is 9.03. The molecule has 25 heavy (non-hydrogen) atoms. The fraction of sp³-hybridized carbons (Fsp3) is 0.167. The lowest BCUT2D eigenvalue weighted by Crippen LogP contribution is -2.18. The molecule has 2 aromatic carbocycles. The Morgan fingerprint density at radius 3 is 2.36 bits per heavy atom. The van der Waals surface area contributed by atoms with E-state index in [0.717, 1.165) is 25.7 Å². The summed E-state index contributed by atoms with van der Waals surface area (Å²) >= 11 is 4.62. The van der Waals surface area contributed by atoms with Crippen LogP contribution < -0.4 is 5.32 Å². The van der Waals surface area contributed by atoms with Crippen LogP contribution in [-0.2, 0) is 4.79 Å². The molecule has 4 nitrogen and oxygen atoms in total. The third-order valence-corrected chi connectivity index (χ3v) is 6.53. The van der Waals surface area contributed by atoms with E-state index in [1.807, 2.05) is 60.7 Å². The van der Waals surface area contributed by atoms with Crippen LogP contribution >= 0.6 is 34.9 Å². The molecular formula is C18H17N3OS3. The minimum Gasteiger partial charge on any atom is -0.325 e. The van der Waals surface area contributed by atoms with Gasteiger partial charge in [-0.15, -0.1) is 10.2 Å². The van der Waals surface area contributed by atoms with Gasteiger partial charge in [-0.2, -0.15) is 0 Å². The molecule has 0 saturated heterocycles. The van der Waals surface area contributed by atoms with E-state index in [-0.39, 0.29) is 11.2 Å². The monoisotopic (exact) mass is 387 g/mol. The first-order valence-electron chi connectivity index (χ1n) is 7.80. The van der Waals surface area contributed by atoms with Gasteiger partial charge in [0.05, 0.1) is 0 Å². The van der Waals surface area contributed by atoms with Crippen molar-refractivity contribution in [1.29, 1.82) is 0 Å². The highest BCUT2D eigenvalue weighted by atomic mass is 32.2. The fourth-order valence-corrected chi connectivity index (χ4v) is 5.27. The molecule has 1 aromatic heterocycles. The van der Waals surface area contributed by atoms with Gasteiger partial charge in [-0.3, -0.25) is 4.79 Å². The Labute approximate surface area is 159 Å². The molecule has 3 aromatic rings. The van der Waals surface area contributed by atoms with Crippen LogP contribution in [0.4, 0.5) is 5.69 Å². The van der Waals surface area contributed by atoms with Gasteiger partial charge >= 0.3 is 0 Å². The number of para-hydroxylation sites is 1. The number of nitrogens with one attached hydrogen (secondary N) is 1. The lowest BCUT2D eigenvalue weighted by molar-refractivity contribution is -0.115. The van der Waals surface area contributed by atoms with Crippen LogP contribution in [0.3, 0.4) is 0 Å². The fourth-order valence-electron chi connectivity index (χ4n) is 2.16. The first-order chi connectivity index (χ1) is 12.3. The van der Waals surface area contributed by atoms with Crippen LogP contribution in [0.2, 0.25) is 0 Å². The quantitative estimate of drug-likeness (QED) is 0.570. The summed E-state index contributed by atoms with van der Waals surface area (Å²) in [6.07, 6.45) is 0. The van der Waals surface area contributed by atoms with E-state index in [1.54, 1.807) is 11.8 Å². The summed E-state index contributed by atoms with van der Waals surface area (Å²) in [4.78, 5) is 12.9. The smallest absolute Gasteiger partial charge is 0.242 e. The molecule has 0 saturated carbocycles. The van der Waals surface area contributed by atoms with Crippen molar-refractivity contribution in [2.45, 2.75) is 20.9 Å². The summed E-state index contributed by atoms with van der Waals surface area (Å²) in [5.41, 5.74) is 1.73. The van der Waals surface area contributed by atoms with E-state index in [1.165, 1.54) is 23.1 Å². The molecule has 0 aliphatic heterocycles. The van der Waals surface area contributed by atoms with Gasteiger partial charge in [-0.05, 0) is 23.4 Å². The van der Waals surface area contributed by atoms with Gasteiger partial charge in [0.2, 0.25) is 5.91 Å². The van der Waals surface area contributed by atoms with E-state index in [2.05, 4.69) is 22.4 Å². The molecule has 128 valence electrons. The second-order valence-electron chi connectivity index (χ2n) is 5.03. The molecule has 7 heteroatoms. The van der Waals surface area contributed by atoms with Crippen LogP contribution in [0.15, 0.2) is 69.3 Å². The van der Waals surface area contributed by atoms with Crippen molar-refractivity contribution in [3.63, 3.8) is 0 Å². The topological polar surface area (TPSA) is 54.9 Å². The molecule has 1 amide bonds. The minimum atomic E-state index is -0.381. The summed E-state index contributed by atoms with van der Waals surface area (Å²) in [5.74, 6) is 0.887. The maximum absolute atomic E-state index is 12.9. The van der Waals surface area contributed by atoms with Gasteiger partial charge in [0.25, 0.3) is 0 Å². The van der Waals surface area contributed by atoms with Crippen LogP contribution in [0.5, 0.6) is 0 Å². The third kappa shape index (κ3) is 5.07. The van der Waals surface area contributed by atoms with Crippen molar-refractivity contribution >= 4 is 46.5 Å². The van der Waals surface area contributed by atoms with E-state index in [0.29, 0.717) is 0 Å². The average Bonchev–Trinajstić information content (AvgIpc) is 3.09. The maximum atomic E-state index is 12.9. The first kappa shape index (κ1) is 18.0. The Kier molecular flexibility index (Phi) is 6.49. The summed E-state index contributed by atoms with van der Waals surface area (Å²) in [5, 5.41) is 11.0. The zero-order valence-electron chi connectivity index (χ0n) is 13.6. The van der Waals surface area contributed by atoms with Gasteiger partial charge in [-0.25, -0.2) is 0 Å². The predicted molar refractivity (Wildman–Crippen MR) is 106 cm³/mol. The largest absolute Gasteiger partial charge is 0.325 e. The van der Waals surface area contributed by atoms with Crippen LogP contribution in [0, 0.1) is 0 Å². The van der Waals surface area contributed by atoms with E-state index >= 15 is 0 Å². The summed E-state index contributed by atoms with van der Waals surface area (Å²) in [6.45, 7) is 2.08. The van der Waals surface area contributed by atoms with Gasteiger partial charge in [0, 0.05) is 5.69 Å². The second-order valence-corrected chi connectivity index (χ2v) is 8.87. The molecule has 1 atom stereocenters. The molecular weight excluding hydrogens is 370 g/mol. The van der Waals surface area contributed by atoms with Crippen molar-refractivity contribution < 1.29 is 4.79 Å². The molecule has 0 aliphatic carbocycles. The molecule has 0 fully saturated rings. The number of hydrogen-bond donors (Lipinski definition) is 1. The third-order valence-electron chi connectivity index (χ3n) is 3.26. The SMILES string of the molecule is CCSc1nnc(SC(C(=O)Nc2ccccc2)c2ccccc2)s1. The Bertz CT molecular complexity index is 809. The number of benzene rings is 2. The lowest BCUT2D eigenvalue weighted by atomic mass is 10.1. The van der Waals surface area contributed by atoms with Gasteiger partial charge in [-0.1, -0.05) is 90.3 Å². The number of rotatable bonds is 7. The van der Waals surface area contributed by atoms with Gasteiger partial charge in [0.1, 0.15) is 5.25 Å². The van der Waals surface area contributed by atoms with Crippen LogP contribution in [-0.4, -0.2) is 21.9 Å². The van der Waals surface area contributed by atoms with Crippen molar-refractivity contribution in [2.75, 3.05) is 11.1 Å². The highest BCUT2D eigenvalue weighted by Gasteiger charge is 2.24. The highest BCUT2D eigenvalue weighted by molar-refractivity contribution is 8.03. The standard InChI is InChI=1S/C18H17N3OS3/c1-2-23-17-20-21-18(25-17)24-15(13-9-5-3-6-10-13)16(22)19-14-11-7-4-8-12-14/h3-12,15H,2H2,1H3,(H,19,22). The Morgan fingerprint density at radius 1 is 1.04 bits per heavy atom. The number of anilines is 1. The summed E-state index contributed by atoms with van der Waals surface area (Å²) in [6, 6.07) is 19.2. The maximum Gasteiger partial charge on any atom is 0.242 e. The van der Waals surface area contributed by atoms with Gasteiger partial charge < -0.3 is 5.32 Å². The van der Waals surface area contributed by atoms with E-state index in [9.17, 15) is 4.79 Å². The van der Waals surface area contributed by atoms with Crippen molar-refractivity contribution in [2.24, 2.45) is 0 Å². The van der Waals surface area contributed by atoms with Crippen LogP contribution in [0.25, 0.3) is 0 Å². The number of amides is 1. The zero-order chi connectivity index (χ0) is 17.5. The van der Waals surface area contributed by atoms with Crippen molar-refractivity contribution in [1.82, 2.24) is 10.2 Å². The van der Waals surface area contributed by atoms with Crippen LogP contribution in [0.1, 0.15) is 17.7 Å². The molecule has 1 N–H and O–H groups in total. The predicted octanol–water partition coefficient (Wildman–Crippen LogP) is 5.12. The number of carbonyl (C=O) groups is 1. The molecule has 0 radical (unpaired) electrons. The number of aromatic nitrogens is 2. The summed E-state index contributed by atoms with van der Waals surface area (Å²) in [7, 11) is 0. The molecule has 0 spiro atoms. The number of hydrogen-bond acceptors (Lipinski definition) is 6. The molecule has 3 rings (SSSR count). The van der Waals surface area contributed by atoms with E-state index in [4.69, 9.17) is 0 Å². The Hall–Kier alpha value is -1.83. The number of carbonyl (C=O) groups excluding carboxylic acids is 1. The minimum absolute atomic E-state index is 0.0673. The number of nitrogens with zero attached hydrogens (tertiary/aromatic N) is 2. The lowest BCUT2D eigenvalue weighted by Gasteiger charge is -2.15. The van der Waals surface area contributed by atoms with Gasteiger partial charge in [0.15, 0.2) is 8.68 Å². The van der Waals surface area contributed by atoms with Crippen molar-refractivity contribution in [3.8, 4) is 0 Å².